The Morgan fingerprint density at radius 1 is 1.13 bits per heavy atom. The number of benzene rings is 1. The Hall–Kier alpha value is -3.13. The predicted octanol–water partition coefficient (Wildman–Crippen LogP) is 2.62. The van der Waals surface area contributed by atoms with Crippen molar-refractivity contribution in [3.05, 3.63) is 51.3 Å². The van der Waals surface area contributed by atoms with Crippen molar-refractivity contribution in [2.24, 2.45) is 7.05 Å². The average Bonchev–Trinajstić information content (AvgIpc) is 2.91. The van der Waals surface area contributed by atoms with Crippen molar-refractivity contribution in [2.75, 3.05) is 18.5 Å². The first-order valence-electron chi connectivity index (χ1n) is 9.26. The maximum atomic E-state index is 12.1. The number of carbonyl (C=O) groups is 3. The molecule has 0 spiro atoms. The Morgan fingerprint density at radius 2 is 1.77 bits per heavy atom. The zero-order chi connectivity index (χ0) is 22.4. The van der Waals surface area contributed by atoms with Crippen LogP contribution in [0.5, 0.6) is 0 Å². The summed E-state index contributed by atoms with van der Waals surface area (Å²) in [6, 6.07) is 3.93. The minimum absolute atomic E-state index is 0.233. The van der Waals surface area contributed by atoms with Gasteiger partial charge < -0.3 is 15.4 Å². The fourth-order valence-corrected chi connectivity index (χ4v) is 3.20. The highest BCUT2D eigenvalue weighted by Crippen LogP contribution is 2.22. The Labute approximate surface area is 180 Å². The molecule has 0 aliphatic heterocycles. The zero-order valence-electron chi connectivity index (χ0n) is 17.6. The lowest BCUT2D eigenvalue weighted by atomic mass is 10.1. The number of carbonyl (C=O) groups excluding carboxylic acids is 3. The number of nitrogens with zero attached hydrogens (tertiary/aromatic N) is 2. The van der Waals surface area contributed by atoms with E-state index in [4.69, 9.17) is 16.3 Å². The van der Waals surface area contributed by atoms with Gasteiger partial charge in [-0.25, -0.2) is 4.79 Å². The summed E-state index contributed by atoms with van der Waals surface area (Å²) in [7, 11) is 1.69. The monoisotopic (exact) mass is 432 g/mol. The van der Waals surface area contributed by atoms with E-state index in [1.165, 1.54) is 16.8 Å². The number of nitrogens with one attached hydrogen (secondary N) is 2. The van der Waals surface area contributed by atoms with Gasteiger partial charge >= 0.3 is 5.97 Å². The van der Waals surface area contributed by atoms with E-state index in [0.717, 1.165) is 22.4 Å². The number of rotatable bonds is 7. The molecule has 1 heterocycles. The quantitative estimate of drug-likeness (QED) is 0.517. The van der Waals surface area contributed by atoms with Crippen LogP contribution in [0.1, 0.15) is 27.9 Å². The van der Waals surface area contributed by atoms with Gasteiger partial charge in [-0.2, -0.15) is 5.10 Å². The molecule has 160 valence electrons. The number of amides is 2. The fraction of sp³-hybridized carbons (Fsp3) is 0.333. The molecule has 2 amide bonds. The maximum absolute atomic E-state index is 12.1. The summed E-state index contributed by atoms with van der Waals surface area (Å²) >= 11 is 6.08. The van der Waals surface area contributed by atoms with Crippen LogP contribution in [0.4, 0.5) is 5.69 Å². The molecule has 0 bridgehead atoms. The van der Waals surface area contributed by atoms with E-state index in [0.29, 0.717) is 16.4 Å². The molecule has 0 aliphatic rings. The van der Waals surface area contributed by atoms with Crippen molar-refractivity contribution in [3.63, 3.8) is 0 Å². The van der Waals surface area contributed by atoms with Gasteiger partial charge in [0.15, 0.2) is 6.61 Å². The van der Waals surface area contributed by atoms with Crippen LogP contribution in [-0.2, 0) is 26.2 Å². The Morgan fingerprint density at radius 3 is 2.33 bits per heavy atom. The molecule has 0 fully saturated rings. The number of esters is 1. The standard InChI is InChI=1S/C21H25ClN4O4/c1-12-8-13(2)20(14(3)9-12)24-17(27)10-23-18(28)11-30-19(29)7-6-16-15(4)25-26(5)21(16)22/h6-9H,10-11H2,1-5H3,(H,23,28)(H,24,27)/b7-6+. The first kappa shape index (κ1) is 23.2. The van der Waals surface area contributed by atoms with E-state index >= 15 is 0 Å². The molecule has 0 saturated heterocycles. The summed E-state index contributed by atoms with van der Waals surface area (Å²) in [5.74, 6) is -1.66. The molecular formula is C21H25ClN4O4. The van der Waals surface area contributed by atoms with Crippen molar-refractivity contribution in [1.82, 2.24) is 15.1 Å². The molecule has 1 aromatic carbocycles. The van der Waals surface area contributed by atoms with Gasteiger partial charge in [-0.3, -0.25) is 14.3 Å². The second-order valence-electron chi connectivity index (χ2n) is 6.95. The zero-order valence-corrected chi connectivity index (χ0v) is 18.4. The van der Waals surface area contributed by atoms with E-state index in [9.17, 15) is 14.4 Å². The van der Waals surface area contributed by atoms with Crippen LogP contribution in [0.3, 0.4) is 0 Å². The Bertz CT molecular complexity index is 988. The van der Waals surface area contributed by atoms with Gasteiger partial charge in [0.2, 0.25) is 5.91 Å². The number of aryl methyl sites for hydroxylation is 5. The summed E-state index contributed by atoms with van der Waals surface area (Å²) in [4.78, 5) is 35.7. The van der Waals surface area contributed by atoms with Gasteiger partial charge in [-0.15, -0.1) is 0 Å². The van der Waals surface area contributed by atoms with Gasteiger partial charge in [0, 0.05) is 24.4 Å². The van der Waals surface area contributed by atoms with Crippen LogP contribution in [-0.4, -0.2) is 40.7 Å². The molecule has 30 heavy (non-hydrogen) atoms. The third kappa shape index (κ3) is 6.18. The van der Waals surface area contributed by atoms with Gasteiger partial charge in [-0.1, -0.05) is 29.3 Å². The lowest BCUT2D eigenvalue weighted by molar-refractivity contribution is -0.143. The summed E-state index contributed by atoms with van der Waals surface area (Å²) in [6.45, 7) is 6.81. The fourth-order valence-electron chi connectivity index (χ4n) is 2.96. The van der Waals surface area contributed by atoms with Crippen molar-refractivity contribution in [2.45, 2.75) is 27.7 Å². The van der Waals surface area contributed by atoms with Crippen LogP contribution >= 0.6 is 11.6 Å². The highest BCUT2D eigenvalue weighted by Gasteiger charge is 2.12. The lowest BCUT2D eigenvalue weighted by Gasteiger charge is -2.13. The number of anilines is 1. The maximum Gasteiger partial charge on any atom is 0.331 e. The summed E-state index contributed by atoms with van der Waals surface area (Å²) in [5.41, 5.74) is 4.97. The van der Waals surface area contributed by atoms with Crippen molar-refractivity contribution in [1.29, 1.82) is 0 Å². The van der Waals surface area contributed by atoms with Crippen molar-refractivity contribution >= 4 is 41.1 Å². The van der Waals surface area contributed by atoms with Crippen molar-refractivity contribution < 1.29 is 19.1 Å². The number of aromatic nitrogens is 2. The van der Waals surface area contributed by atoms with Crippen LogP contribution in [0.25, 0.3) is 6.08 Å². The molecule has 0 aliphatic carbocycles. The van der Waals surface area contributed by atoms with E-state index in [-0.39, 0.29) is 12.5 Å². The second-order valence-corrected chi connectivity index (χ2v) is 7.31. The minimum Gasteiger partial charge on any atom is -0.452 e. The molecule has 0 atom stereocenters. The molecule has 2 N–H and O–H groups in total. The first-order chi connectivity index (χ1) is 14.1. The molecule has 1 aromatic heterocycles. The summed E-state index contributed by atoms with van der Waals surface area (Å²) < 4.78 is 6.36. The molecule has 0 saturated carbocycles. The number of hydrogen-bond acceptors (Lipinski definition) is 5. The van der Waals surface area contributed by atoms with E-state index in [1.54, 1.807) is 14.0 Å². The molecule has 9 heteroatoms. The molecule has 0 unspecified atom stereocenters. The largest absolute Gasteiger partial charge is 0.452 e. The third-order valence-corrected chi connectivity index (χ3v) is 4.76. The average molecular weight is 433 g/mol. The SMILES string of the molecule is Cc1cc(C)c(NC(=O)CNC(=O)COC(=O)/C=C/c2c(C)nn(C)c2Cl)c(C)c1. The Balaban J connectivity index is 1.79. The molecular weight excluding hydrogens is 408 g/mol. The van der Waals surface area contributed by atoms with Crippen LogP contribution in [0.2, 0.25) is 5.15 Å². The molecule has 8 nitrogen and oxygen atoms in total. The van der Waals surface area contributed by atoms with Gasteiger partial charge in [0.1, 0.15) is 5.15 Å². The minimum atomic E-state index is -0.708. The van der Waals surface area contributed by atoms with E-state index < -0.39 is 18.5 Å². The second kappa shape index (κ2) is 10.1. The van der Waals surface area contributed by atoms with Crippen LogP contribution < -0.4 is 10.6 Å². The first-order valence-corrected chi connectivity index (χ1v) is 9.64. The normalized spacial score (nSPS) is 10.9. The molecule has 2 rings (SSSR count). The number of hydrogen-bond donors (Lipinski definition) is 2. The third-order valence-electron chi connectivity index (χ3n) is 4.32. The van der Waals surface area contributed by atoms with Crippen LogP contribution in [0.15, 0.2) is 18.2 Å². The van der Waals surface area contributed by atoms with Gasteiger partial charge in [0.05, 0.1) is 12.2 Å². The van der Waals surface area contributed by atoms with Gasteiger partial charge in [-0.05, 0) is 44.9 Å². The lowest BCUT2D eigenvalue weighted by Crippen LogP contribution is -2.35. The number of halogens is 1. The highest BCUT2D eigenvalue weighted by molar-refractivity contribution is 6.31. The summed E-state index contributed by atoms with van der Waals surface area (Å²) in [5, 5.41) is 9.72. The predicted molar refractivity (Wildman–Crippen MR) is 115 cm³/mol. The van der Waals surface area contributed by atoms with Crippen LogP contribution in [0, 0.1) is 27.7 Å². The summed E-state index contributed by atoms with van der Waals surface area (Å²) in [6.07, 6.45) is 2.64. The van der Waals surface area contributed by atoms with Crippen molar-refractivity contribution in [3.8, 4) is 0 Å². The molecule has 0 radical (unpaired) electrons. The smallest absolute Gasteiger partial charge is 0.331 e. The number of ether oxygens (including phenoxy) is 1. The Kier molecular flexibility index (Phi) is 7.77. The van der Waals surface area contributed by atoms with Gasteiger partial charge in [0.25, 0.3) is 5.91 Å². The van der Waals surface area contributed by atoms with E-state index in [2.05, 4.69) is 15.7 Å². The highest BCUT2D eigenvalue weighted by atomic mass is 35.5. The van der Waals surface area contributed by atoms with E-state index in [1.807, 2.05) is 32.9 Å². The topological polar surface area (TPSA) is 102 Å². The molecule has 2 aromatic rings.